The number of nitrogens with zero attached hydrogens (tertiary/aromatic N) is 1. The van der Waals surface area contributed by atoms with Gasteiger partial charge in [-0.25, -0.2) is 0 Å². The number of benzene rings is 2. The molecule has 0 spiro atoms. The Morgan fingerprint density at radius 3 is 2.91 bits per heavy atom. The molecule has 2 aromatic rings. The molecule has 0 saturated carbocycles. The molecule has 1 N–H and O–H groups in total. The molecule has 106 valence electrons. The highest BCUT2D eigenvalue weighted by atomic mass is 79.9. The van der Waals surface area contributed by atoms with Gasteiger partial charge >= 0.3 is 0 Å². The molecule has 0 unspecified atom stereocenters. The van der Waals surface area contributed by atoms with Crippen molar-refractivity contribution >= 4 is 38.6 Å². The maximum Gasteiger partial charge on any atom is 0.0695 e. The van der Waals surface area contributed by atoms with Crippen LogP contribution in [0.4, 0.5) is 17.1 Å². The largest absolute Gasteiger partial charge is 0.352 e. The molecule has 22 heavy (non-hydrogen) atoms. The van der Waals surface area contributed by atoms with Crippen molar-refractivity contribution in [2.75, 3.05) is 10.2 Å². The number of allylic oxidation sites excluding steroid dienone is 4. The van der Waals surface area contributed by atoms with Gasteiger partial charge in [-0.15, -0.1) is 0 Å². The number of para-hydroxylation sites is 2. The molecule has 2 heterocycles. The normalized spacial score (nSPS) is 17.3. The van der Waals surface area contributed by atoms with Crippen molar-refractivity contribution < 1.29 is 0 Å². The van der Waals surface area contributed by atoms with Crippen molar-refractivity contribution in [2.45, 2.75) is 6.42 Å². The Hall–Kier alpha value is -2.26. The highest BCUT2D eigenvalue weighted by Gasteiger charge is 2.32. The molecule has 2 aromatic carbocycles. The van der Waals surface area contributed by atoms with Crippen LogP contribution in [0.25, 0.3) is 5.57 Å². The average molecular weight is 349 g/mol. The summed E-state index contributed by atoms with van der Waals surface area (Å²) in [7, 11) is 0. The number of rotatable bonds is 0. The van der Waals surface area contributed by atoms with Crippen molar-refractivity contribution in [3.05, 3.63) is 82.1 Å². The van der Waals surface area contributed by atoms with Crippen molar-refractivity contribution in [2.24, 2.45) is 0 Å². The highest BCUT2D eigenvalue weighted by Crippen LogP contribution is 2.50. The summed E-state index contributed by atoms with van der Waals surface area (Å²) in [6.07, 6.45) is 7.50. The van der Waals surface area contributed by atoms with Gasteiger partial charge in [-0.05, 0) is 42.0 Å². The molecule has 5 rings (SSSR count). The third-order valence-electron chi connectivity index (χ3n) is 4.46. The second kappa shape index (κ2) is 4.37. The smallest absolute Gasteiger partial charge is 0.0695 e. The van der Waals surface area contributed by atoms with Crippen LogP contribution in [0.1, 0.15) is 12.0 Å². The van der Waals surface area contributed by atoms with Gasteiger partial charge in [0.25, 0.3) is 0 Å². The van der Waals surface area contributed by atoms with E-state index in [0.717, 1.165) is 16.6 Å². The zero-order valence-corrected chi connectivity index (χ0v) is 13.4. The van der Waals surface area contributed by atoms with E-state index in [0.29, 0.717) is 0 Å². The predicted octanol–water partition coefficient (Wildman–Crippen LogP) is 5.58. The first-order valence-corrected chi connectivity index (χ1v) is 8.17. The van der Waals surface area contributed by atoms with Gasteiger partial charge in [-0.2, -0.15) is 0 Å². The number of halogens is 1. The quantitative estimate of drug-likeness (QED) is 0.668. The van der Waals surface area contributed by atoms with Crippen molar-refractivity contribution in [1.29, 1.82) is 0 Å². The van der Waals surface area contributed by atoms with E-state index in [2.05, 4.69) is 86.8 Å². The zero-order chi connectivity index (χ0) is 14.7. The monoisotopic (exact) mass is 348 g/mol. The Morgan fingerprint density at radius 1 is 1.05 bits per heavy atom. The van der Waals surface area contributed by atoms with E-state index in [1.165, 1.54) is 33.9 Å². The second-order valence-electron chi connectivity index (χ2n) is 5.73. The van der Waals surface area contributed by atoms with Crippen LogP contribution in [-0.4, -0.2) is 0 Å². The van der Waals surface area contributed by atoms with Gasteiger partial charge < -0.3 is 10.2 Å². The van der Waals surface area contributed by atoms with Crippen LogP contribution >= 0.6 is 15.9 Å². The fourth-order valence-corrected chi connectivity index (χ4v) is 3.85. The van der Waals surface area contributed by atoms with Gasteiger partial charge in [0.05, 0.1) is 28.5 Å². The van der Waals surface area contributed by atoms with Crippen molar-refractivity contribution in [3.8, 4) is 0 Å². The minimum absolute atomic E-state index is 0.952. The summed E-state index contributed by atoms with van der Waals surface area (Å²) in [6.45, 7) is 0. The van der Waals surface area contributed by atoms with E-state index in [-0.39, 0.29) is 0 Å². The van der Waals surface area contributed by atoms with Crippen LogP contribution in [0.2, 0.25) is 0 Å². The lowest BCUT2D eigenvalue weighted by Gasteiger charge is -2.40. The van der Waals surface area contributed by atoms with E-state index in [4.69, 9.17) is 0 Å². The molecule has 2 aliphatic heterocycles. The van der Waals surface area contributed by atoms with Crippen LogP contribution in [0.15, 0.2) is 76.6 Å². The lowest BCUT2D eigenvalue weighted by Crippen LogP contribution is -2.28. The minimum atomic E-state index is 0.952. The lowest BCUT2D eigenvalue weighted by molar-refractivity contribution is 1.01. The van der Waals surface area contributed by atoms with E-state index in [9.17, 15) is 0 Å². The molecule has 2 nitrogen and oxygen atoms in total. The molecule has 2 bridgehead atoms. The summed E-state index contributed by atoms with van der Waals surface area (Å²) in [5.74, 6) is 0. The van der Waals surface area contributed by atoms with Gasteiger partial charge in [0.15, 0.2) is 0 Å². The van der Waals surface area contributed by atoms with Crippen LogP contribution in [0, 0.1) is 0 Å². The fraction of sp³-hybridized carbons (Fsp3) is 0.0526. The topological polar surface area (TPSA) is 15.3 Å². The first kappa shape index (κ1) is 12.3. The molecular weight excluding hydrogens is 336 g/mol. The molecule has 0 aromatic heterocycles. The summed E-state index contributed by atoms with van der Waals surface area (Å²) in [6, 6.07) is 15.0. The highest BCUT2D eigenvalue weighted by molar-refractivity contribution is 9.10. The maximum atomic E-state index is 3.61. The van der Waals surface area contributed by atoms with E-state index >= 15 is 0 Å². The molecule has 3 aliphatic rings. The summed E-state index contributed by atoms with van der Waals surface area (Å²) in [4.78, 5) is 2.40. The average Bonchev–Trinajstić information content (AvgIpc) is 2.73. The zero-order valence-electron chi connectivity index (χ0n) is 11.8. The summed E-state index contributed by atoms with van der Waals surface area (Å²) < 4.78 is 1.12. The molecule has 1 aliphatic carbocycles. The van der Waals surface area contributed by atoms with Crippen molar-refractivity contribution in [1.82, 2.24) is 0 Å². The Labute approximate surface area is 137 Å². The van der Waals surface area contributed by atoms with E-state index < -0.39 is 0 Å². The van der Waals surface area contributed by atoms with Gasteiger partial charge in [-0.3, -0.25) is 0 Å². The van der Waals surface area contributed by atoms with E-state index in [1.807, 2.05) is 0 Å². The fourth-order valence-electron chi connectivity index (χ4n) is 3.49. The SMILES string of the molecule is Brc1ccc2c(c1)C1=CC=CC3=C(C1)N2c1ccccc1N3. The van der Waals surface area contributed by atoms with Gasteiger partial charge in [0, 0.05) is 16.5 Å². The third kappa shape index (κ3) is 1.60. The first-order valence-electron chi connectivity index (χ1n) is 7.38. The van der Waals surface area contributed by atoms with Crippen LogP contribution in [-0.2, 0) is 0 Å². The standard InChI is InChI=1S/C19H13BrN2/c20-13-8-9-17-14(11-13)12-4-3-6-16-19(10-12)22(17)18-7-2-1-5-15(18)21-16/h1-9,11,21H,10H2. The summed E-state index contributed by atoms with van der Waals surface area (Å²) >= 11 is 3.61. The van der Waals surface area contributed by atoms with Gasteiger partial charge in [0.2, 0.25) is 0 Å². The van der Waals surface area contributed by atoms with Gasteiger partial charge in [-0.1, -0.05) is 40.2 Å². The summed E-state index contributed by atoms with van der Waals surface area (Å²) in [5, 5.41) is 3.57. The molecule has 0 saturated heterocycles. The number of fused-ring (bicyclic) bond motifs is 6. The molecular formula is C19H13BrN2. The lowest BCUT2D eigenvalue weighted by atomic mass is 9.91. The third-order valence-corrected chi connectivity index (χ3v) is 4.95. The molecule has 0 radical (unpaired) electrons. The van der Waals surface area contributed by atoms with Crippen LogP contribution in [0.5, 0.6) is 0 Å². The molecule has 0 atom stereocenters. The predicted molar refractivity (Wildman–Crippen MR) is 95.1 cm³/mol. The maximum absolute atomic E-state index is 3.61. The first-order chi connectivity index (χ1) is 10.8. The summed E-state index contributed by atoms with van der Waals surface area (Å²) in [5.41, 5.74) is 8.83. The molecule has 0 fully saturated rings. The van der Waals surface area contributed by atoms with Crippen LogP contribution in [0.3, 0.4) is 0 Å². The van der Waals surface area contributed by atoms with Crippen LogP contribution < -0.4 is 10.2 Å². The molecule has 3 heteroatoms. The number of anilines is 3. The second-order valence-corrected chi connectivity index (χ2v) is 6.64. The minimum Gasteiger partial charge on any atom is -0.352 e. The Balaban J connectivity index is 1.87. The number of hydrogen-bond donors (Lipinski definition) is 1. The van der Waals surface area contributed by atoms with Crippen molar-refractivity contribution in [3.63, 3.8) is 0 Å². The number of hydrogen-bond acceptors (Lipinski definition) is 2. The number of nitrogens with one attached hydrogen (secondary N) is 1. The van der Waals surface area contributed by atoms with Gasteiger partial charge in [0.1, 0.15) is 0 Å². The molecule has 0 amide bonds. The Morgan fingerprint density at radius 2 is 1.95 bits per heavy atom. The Kier molecular flexibility index (Phi) is 2.44. The van der Waals surface area contributed by atoms with E-state index in [1.54, 1.807) is 0 Å². The Bertz CT molecular complexity index is 905.